The van der Waals surface area contributed by atoms with Gasteiger partial charge >= 0.3 is 0 Å². The van der Waals surface area contributed by atoms with Gasteiger partial charge in [0.05, 0.1) is 0 Å². The molecule has 1 aliphatic carbocycles. The monoisotopic (exact) mass is 299 g/mol. The van der Waals surface area contributed by atoms with Crippen molar-refractivity contribution < 1.29 is 4.74 Å². The van der Waals surface area contributed by atoms with Gasteiger partial charge < -0.3 is 9.64 Å². The minimum Gasteiger partial charge on any atom is -0.381 e. The maximum absolute atomic E-state index is 5.25. The molecule has 0 spiro atoms. The summed E-state index contributed by atoms with van der Waals surface area (Å²) < 4.78 is 5.25. The van der Waals surface area contributed by atoms with Crippen molar-refractivity contribution in [1.82, 2.24) is 4.90 Å². The van der Waals surface area contributed by atoms with E-state index in [2.05, 4.69) is 39.8 Å². The van der Waals surface area contributed by atoms with Gasteiger partial charge in [-0.3, -0.25) is 0 Å². The van der Waals surface area contributed by atoms with Crippen LogP contribution < -0.4 is 0 Å². The lowest BCUT2D eigenvalue weighted by Crippen LogP contribution is -2.31. The van der Waals surface area contributed by atoms with E-state index in [1.807, 2.05) is 13.8 Å². The van der Waals surface area contributed by atoms with Crippen molar-refractivity contribution in [3.8, 4) is 0 Å². The summed E-state index contributed by atoms with van der Waals surface area (Å²) in [5.41, 5.74) is 0. The molecule has 21 heavy (non-hydrogen) atoms. The third-order valence-electron chi connectivity index (χ3n) is 4.92. The van der Waals surface area contributed by atoms with Crippen LogP contribution in [0.2, 0.25) is 0 Å². The van der Waals surface area contributed by atoms with E-state index in [0.717, 1.165) is 37.0 Å². The van der Waals surface area contributed by atoms with E-state index >= 15 is 0 Å². The van der Waals surface area contributed by atoms with Gasteiger partial charge in [0.1, 0.15) is 0 Å². The zero-order valence-corrected chi connectivity index (χ0v) is 15.8. The Kier molecular flexibility index (Phi) is 12.4. The number of hydrogen-bond donors (Lipinski definition) is 0. The van der Waals surface area contributed by atoms with Crippen LogP contribution in [0.15, 0.2) is 0 Å². The molecule has 0 unspecified atom stereocenters. The van der Waals surface area contributed by atoms with E-state index in [1.165, 1.54) is 38.5 Å². The topological polar surface area (TPSA) is 12.5 Å². The van der Waals surface area contributed by atoms with Gasteiger partial charge in [-0.1, -0.05) is 34.6 Å². The second-order valence-electron chi connectivity index (χ2n) is 7.07. The first-order valence-corrected chi connectivity index (χ1v) is 9.24. The Morgan fingerprint density at radius 3 is 1.67 bits per heavy atom. The first-order valence-electron chi connectivity index (χ1n) is 9.24. The highest BCUT2D eigenvalue weighted by Gasteiger charge is 2.19. The highest BCUT2D eigenvalue weighted by atomic mass is 16.5. The molecule has 128 valence electrons. The summed E-state index contributed by atoms with van der Waals surface area (Å²) in [6, 6.07) is 0.871. The van der Waals surface area contributed by atoms with Crippen LogP contribution in [-0.4, -0.2) is 38.3 Å². The van der Waals surface area contributed by atoms with Crippen molar-refractivity contribution in [3.05, 3.63) is 0 Å². The number of hydrogen-bond acceptors (Lipinski definition) is 2. The molecule has 2 aliphatic rings. The van der Waals surface area contributed by atoms with Gasteiger partial charge in [0.15, 0.2) is 0 Å². The summed E-state index contributed by atoms with van der Waals surface area (Å²) in [4.78, 5) is 2.37. The van der Waals surface area contributed by atoms with E-state index in [4.69, 9.17) is 4.74 Å². The summed E-state index contributed by atoms with van der Waals surface area (Å²) in [5, 5.41) is 0. The lowest BCUT2D eigenvalue weighted by Gasteiger charge is -2.30. The van der Waals surface area contributed by atoms with Gasteiger partial charge in [0.25, 0.3) is 0 Å². The largest absolute Gasteiger partial charge is 0.381 e. The Morgan fingerprint density at radius 2 is 1.33 bits per heavy atom. The third-order valence-corrected chi connectivity index (χ3v) is 4.92. The molecule has 0 aromatic heterocycles. The highest BCUT2D eigenvalue weighted by Crippen LogP contribution is 2.25. The van der Waals surface area contributed by atoms with E-state index in [0.29, 0.717) is 0 Å². The third kappa shape index (κ3) is 9.52. The SMILES string of the molecule is CC.CC(C)C1CCOCC1.CC1CCC(N(C)C)CC1. The van der Waals surface area contributed by atoms with Crippen LogP contribution in [0, 0.1) is 17.8 Å². The van der Waals surface area contributed by atoms with Crippen LogP contribution in [0.5, 0.6) is 0 Å². The lowest BCUT2D eigenvalue weighted by atomic mass is 9.87. The van der Waals surface area contributed by atoms with Gasteiger partial charge in [0.2, 0.25) is 0 Å². The first-order chi connectivity index (χ1) is 10.0. The van der Waals surface area contributed by atoms with Crippen LogP contribution in [0.25, 0.3) is 0 Å². The quantitative estimate of drug-likeness (QED) is 0.693. The van der Waals surface area contributed by atoms with Crippen LogP contribution in [-0.2, 0) is 4.74 Å². The lowest BCUT2D eigenvalue weighted by molar-refractivity contribution is 0.0523. The van der Waals surface area contributed by atoms with Crippen molar-refractivity contribution >= 4 is 0 Å². The van der Waals surface area contributed by atoms with Gasteiger partial charge in [-0.15, -0.1) is 0 Å². The molecule has 0 aromatic carbocycles. The van der Waals surface area contributed by atoms with E-state index in [1.54, 1.807) is 0 Å². The normalized spacial score (nSPS) is 26.7. The molecule has 0 bridgehead atoms. The molecule has 2 heteroatoms. The fourth-order valence-corrected chi connectivity index (χ4v) is 3.14. The molecule has 0 radical (unpaired) electrons. The van der Waals surface area contributed by atoms with Crippen molar-refractivity contribution in [2.75, 3.05) is 27.3 Å². The zero-order valence-electron chi connectivity index (χ0n) is 15.8. The fraction of sp³-hybridized carbons (Fsp3) is 1.00. The molecule has 1 aliphatic heterocycles. The average Bonchev–Trinajstić information content (AvgIpc) is 2.51. The van der Waals surface area contributed by atoms with E-state index < -0.39 is 0 Å². The number of nitrogens with zero attached hydrogens (tertiary/aromatic N) is 1. The molecule has 1 saturated carbocycles. The second kappa shape index (κ2) is 12.5. The summed E-state index contributed by atoms with van der Waals surface area (Å²) in [6.45, 7) is 12.9. The number of ether oxygens (including phenoxy) is 1. The number of rotatable bonds is 2. The summed E-state index contributed by atoms with van der Waals surface area (Å²) in [6.07, 6.45) is 8.24. The standard InChI is InChI=1S/C9H19N.C8H16O.C2H6/c1-8-4-6-9(7-5-8)10(2)3;1-7(2)8-3-5-9-6-4-8;1-2/h8-9H,4-7H2,1-3H3;7-8H,3-6H2,1-2H3;1-2H3. The van der Waals surface area contributed by atoms with Crippen LogP contribution in [0.4, 0.5) is 0 Å². The molecule has 0 aromatic rings. The summed E-state index contributed by atoms with van der Waals surface area (Å²) >= 11 is 0. The van der Waals surface area contributed by atoms with Gasteiger partial charge in [-0.05, 0) is 70.4 Å². The summed E-state index contributed by atoms with van der Waals surface area (Å²) in [7, 11) is 4.39. The predicted molar refractivity (Wildman–Crippen MR) is 94.8 cm³/mol. The van der Waals surface area contributed by atoms with Crippen LogP contribution in [0.1, 0.15) is 73.1 Å². The zero-order chi connectivity index (χ0) is 16.3. The predicted octanol–water partition coefficient (Wildman–Crippen LogP) is 5.22. The molecule has 0 atom stereocenters. The minimum absolute atomic E-state index is 0.855. The molecular formula is C19H41NO. The second-order valence-corrected chi connectivity index (χ2v) is 7.07. The maximum Gasteiger partial charge on any atom is 0.0468 e. The molecule has 0 amide bonds. The smallest absolute Gasteiger partial charge is 0.0468 e. The van der Waals surface area contributed by atoms with E-state index in [9.17, 15) is 0 Å². The Bertz CT molecular complexity index is 214. The molecule has 1 heterocycles. The molecule has 2 fully saturated rings. The molecule has 2 nitrogen and oxygen atoms in total. The van der Waals surface area contributed by atoms with Gasteiger partial charge in [-0.25, -0.2) is 0 Å². The van der Waals surface area contributed by atoms with E-state index in [-0.39, 0.29) is 0 Å². The minimum atomic E-state index is 0.855. The highest BCUT2D eigenvalue weighted by molar-refractivity contribution is 4.74. The maximum atomic E-state index is 5.25. The van der Waals surface area contributed by atoms with Crippen molar-refractivity contribution in [1.29, 1.82) is 0 Å². The van der Waals surface area contributed by atoms with Gasteiger partial charge in [-0.2, -0.15) is 0 Å². The Labute approximate surface area is 134 Å². The van der Waals surface area contributed by atoms with Gasteiger partial charge in [0, 0.05) is 19.3 Å². The summed E-state index contributed by atoms with van der Waals surface area (Å²) in [5.74, 6) is 2.77. The van der Waals surface area contributed by atoms with Crippen LogP contribution >= 0.6 is 0 Å². The van der Waals surface area contributed by atoms with Crippen LogP contribution in [0.3, 0.4) is 0 Å². The molecule has 1 saturated heterocycles. The average molecular weight is 300 g/mol. The molecule has 0 N–H and O–H groups in total. The van der Waals surface area contributed by atoms with Crippen molar-refractivity contribution in [2.24, 2.45) is 17.8 Å². The Balaban J connectivity index is 0.000000342. The van der Waals surface area contributed by atoms with Crippen molar-refractivity contribution in [3.63, 3.8) is 0 Å². The fourth-order valence-electron chi connectivity index (χ4n) is 3.14. The Hall–Kier alpha value is -0.0800. The molecule has 2 rings (SSSR count). The van der Waals surface area contributed by atoms with Crippen molar-refractivity contribution in [2.45, 2.75) is 79.2 Å². The Morgan fingerprint density at radius 1 is 0.857 bits per heavy atom. The first kappa shape index (κ1) is 20.9. The molecular weight excluding hydrogens is 258 g/mol.